The Morgan fingerprint density at radius 3 is 2.31 bits per heavy atom. The van der Waals surface area contributed by atoms with Gasteiger partial charge in [-0.2, -0.15) is 18.4 Å². The molecule has 0 radical (unpaired) electrons. The molecule has 1 unspecified atom stereocenters. The van der Waals surface area contributed by atoms with Crippen molar-refractivity contribution in [2.24, 2.45) is 5.41 Å². The van der Waals surface area contributed by atoms with Crippen molar-refractivity contribution < 1.29 is 13.2 Å². The number of nitrogens with zero attached hydrogens (tertiary/aromatic N) is 1. The van der Waals surface area contributed by atoms with E-state index < -0.39 is 18.0 Å². The van der Waals surface area contributed by atoms with Crippen LogP contribution in [0.4, 0.5) is 13.2 Å². The van der Waals surface area contributed by atoms with Crippen molar-refractivity contribution in [3.05, 3.63) is 0 Å². The molecule has 0 bridgehead atoms. The van der Waals surface area contributed by atoms with Crippen LogP contribution in [0.5, 0.6) is 0 Å². The van der Waals surface area contributed by atoms with Crippen molar-refractivity contribution in [3.63, 3.8) is 0 Å². The van der Waals surface area contributed by atoms with Gasteiger partial charge >= 0.3 is 6.18 Å². The second-order valence-electron chi connectivity index (χ2n) is 4.79. The van der Waals surface area contributed by atoms with Gasteiger partial charge in [-0.05, 0) is 33.6 Å². The molecule has 0 aromatic heterocycles. The average Bonchev–Trinajstić information content (AvgIpc) is 2.13. The number of alkyl halides is 3. The van der Waals surface area contributed by atoms with Gasteiger partial charge in [0.15, 0.2) is 0 Å². The number of rotatable bonds is 6. The molecule has 0 rings (SSSR count). The largest absolute Gasteiger partial charge is 0.389 e. The van der Waals surface area contributed by atoms with E-state index in [1.54, 1.807) is 13.8 Å². The van der Waals surface area contributed by atoms with Crippen LogP contribution in [0, 0.1) is 16.7 Å². The van der Waals surface area contributed by atoms with E-state index in [-0.39, 0.29) is 12.5 Å². The summed E-state index contributed by atoms with van der Waals surface area (Å²) < 4.78 is 35.6. The fourth-order valence-electron chi connectivity index (χ4n) is 1.18. The monoisotopic (exact) mass is 236 g/mol. The molecule has 0 aliphatic carbocycles. The molecule has 0 heterocycles. The van der Waals surface area contributed by atoms with Gasteiger partial charge in [-0.15, -0.1) is 0 Å². The molecule has 0 aromatic carbocycles. The fourth-order valence-corrected chi connectivity index (χ4v) is 1.18. The van der Waals surface area contributed by atoms with Crippen LogP contribution in [0.2, 0.25) is 0 Å². The maximum atomic E-state index is 11.9. The summed E-state index contributed by atoms with van der Waals surface area (Å²) in [5, 5.41) is 11.8. The molecule has 0 amide bonds. The molecule has 94 valence electrons. The van der Waals surface area contributed by atoms with Gasteiger partial charge in [-0.1, -0.05) is 0 Å². The molecule has 0 spiro atoms. The van der Waals surface area contributed by atoms with Gasteiger partial charge in [0, 0.05) is 19.0 Å². The van der Waals surface area contributed by atoms with Crippen molar-refractivity contribution in [1.29, 1.82) is 5.26 Å². The van der Waals surface area contributed by atoms with Crippen LogP contribution in [-0.2, 0) is 0 Å². The third-order valence-electron chi connectivity index (χ3n) is 2.29. The van der Waals surface area contributed by atoms with Gasteiger partial charge in [-0.3, -0.25) is 0 Å². The average molecular weight is 236 g/mol. The molecule has 2 nitrogen and oxygen atoms in total. The van der Waals surface area contributed by atoms with Gasteiger partial charge < -0.3 is 5.32 Å². The molecule has 0 aromatic rings. The van der Waals surface area contributed by atoms with Crippen LogP contribution < -0.4 is 5.32 Å². The SMILES string of the molecule is CC(CCCC(F)(F)F)NCC(C)(C)C#N. The fraction of sp³-hybridized carbons (Fsp3) is 0.909. The minimum absolute atomic E-state index is 0.00924. The smallest absolute Gasteiger partial charge is 0.313 e. The lowest BCUT2D eigenvalue weighted by molar-refractivity contribution is -0.135. The van der Waals surface area contributed by atoms with E-state index in [0.717, 1.165) is 0 Å². The normalized spacial score (nSPS) is 14.6. The van der Waals surface area contributed by atoms with E-state index in [4.69, 9.17) is 5.26 Å². The molecule has 0 aliphatic rings. The number of nitrogens with one attached hydrogen (secondary N) is 1. The van der Waals surface area contributed by atoms with Crippen molar-refractivity contribution in [2.45, 2.75) is 52.3 Å². The number of hydrogen-bond donors (Lipinski definition) is 1. The zero-order chi connectivity index (χ0) is 12.8. The second kappa shape index (κ2) is 6.09. The highest BCUT2D eigenvalue weighted by Gasteiger charge is 2.26. The first-order valence-corrected chi connectivity index (χ1v) is 5.38. The Morgan fingerprint density at radius 1 is 1.31 bits per heavy atom. The minimum atomic E-state index is -4.06. The van der Waals surface area contributed by atoms with Crippen LogP contribution in [0.1, 0.15) is 40.0 Å². The molecule has 0 saturated heterocycles. The van der Waals surface area contributed by atoms with E-state index in [1.165, 1.54) is 0 Å². The minimum Gasteiger partial charge on any atom is -0.313 e. The summed E-state index contributed by atoms with van der Waals surface area (Å²) in [7, 11) is 0. The molecule has 5 heteroatoms. The molecule has 0 fully saturated rings. The molecule has 1 atom stereocenters. The zero-order valence-corrected chi connectivity index (χ0v) is 9.99. The first-order chi connectivity index (χ1) is 7.16. The first-order valence-electron chi connectivity index (χ1n) is 5.38. The summed E-state index contributed by atoms with van der Waals surface area (Å²) in [5.41, 5.74) is -0.474. The van der Waals surface area contributed by atoms with Gasteiger partial charge in [0.05, 0.1) is 11.5 Å². The Bertz CT molecular complexity index is 241. The van der Waals surface area contributed by atoms with Crippen molar-refractivity contribution >= 4 is 0 Å². The van der Waals surface area contributed by atoms with Crippen LogP contribution >= 0.6 is 0 Å². The summed E-state index contributed by atoms with van der Waals surface area (Å²) in [5.74, 6) is 0. The predicted molar refractivity (Wildman–Crippen MR) is 56.8 cm³/mol. The third-order valence-corrected chi connectivity index (χ3v) is 2.29. The highest BCUT2D eigenvalue weighted by atomic mass is 19.4. The lowest BCUT2D eigenvalue weighted by Crippen LogP contribution is -2.34. The highest BCUT2D eigenvalue weighted by Crippen LogP contribution is 2.22. The standard InChI is InChI=1S/C11H19F3N2/c1-9(5-4-6-11(12,13)14)16-8-10(2,3)7-15/h9,16H,4-6,8H2,1-3H3. The topological polar surface area (TPSA) is 35.8 Å². The quantitative estimate of drug-likeness (QED) is 0.768. The third kappa shape index (κ3) is 8.54. The zero-order valence-electron chi connectivity index (χ0n) is 9.99. The van der Waals surface area contributed by atoms with Gasteiger partial charge in [0.2, 0.25) is 0 Å². The summed E-state index contributed by atoms with van der Waals surface area (Å²) in [6.45, 7) is 5.92. The van der Waals surface area contributed by atoms with Crippen molar-refractivity contribution in [3.8, 4) is 6.07 Å². The summed E-state index contributed by atoms with van der Waals surface area (Å²) in [4.78, 5) is 0. The van der Waals surface area contributed by atoms with Crippen LogP contribution in [0.25, 0.3) is 0 Å². The predicted octanol–water partition coefficient (Wildman–Crippen LogP) is 3.25. The van der Waals surface area contributed by atoms with Crippen LogP contribution in [0.15, 0.2) is 0 Å². The Kier molecular flexibility index (Phi) is 5.80. The van der Waals surface area contributed by atoms with Crippen LogP contribution in [0.3, 0.4) is 0 Å². The lowest BCUT2D eigenvalue weighted by Gasteiger charge is -2.20. The van der Waals surface area contributed by atoms with Crippen molar-refractivity contribution in [2.75, 3.05) is 6.54 Å². The van der Waals surface area contributed by atoms with E-state index in [0.29, 0.717) is 13.0 Å². The summed E-state index contributed by atoms with van der Waals surface area (Å²) in [6.07, 6.45) is -4.20. The van der Waals surface area contributed by atoms with E-state index in [1.807, 2.05) is 6.92 Å². The maximum absolute atomic E-state index is 11.9. The van der Waals surface area contributed by atoms with Crippen molar-refractivity contribution in [1.82, 2.24) is 5.32 Å². The Morgan fingerprint density at radius 2 is 1.88 bits per heavy atom. The first kappa shape index (κ1) is 15.2. The summed E-state index contributed by atoms with van der Waals surface area (Å²) in [6, 6.07) is 2.14. The Hall–Kier alpha value is -0.760. The number of halogens is 3. The maximum Gasteiger partial charge on any atom is 0.389 e. The number of nitriles is 1. The second-order valence-corrected chi connectivity index (χ2v) is 4.79. The van der Waals surface area contributed by atoms with Gasteiger partial charge in [0.1, 0.15) is 0 Å². The van der Waals surface area contributed by atoms with E-state index >= 15 is 0 Å². The van der Waals surface area contributed by atoms with Gasteiger partial charge in [0.25, 0.3) is 0 Å². The molecular formula is C11H19F3N2. The molecular weight excluding hydrogens is 217 g/mol. The molecule has 1 N–H and O–H groups in total. The lowest BCUT2D eigenvalue weighted by atomic mass is 9.95. The Balaban J connectivity index is 3.69. The van der Waals surface area contributed by atoms with Crippen LogP contribution in [-0.4, -0.2) is 18.8 Å². The highest BCUT2D eigenvalue weighted by molar-refractivity contribution is 4.93. The summed E-state index contributed by atoms with van der Waals surface area (Å²) >= 11 is 0. The molecule has 16 heavy (non-hydrogen) atoms. The number of hydrogen-bond acceptors (Lipinski definition) is 2. The molecule has 0 aliphatic heterocycles. The van der Waals surface area contributed by atoms with E-state index in [9.17, 15) is 13.2 Å². The Labute approximate surface area is 94.8 Å². The van der Waals surface area contributed by atoms with Gasteiger partial charge in [-0.25, -0.2) is 0 Å². The van der Waals surface area contributed by atoms with E-state index in [2.05, 4.69) is 11.4 Å². The molecule has 0 saturated carbocycles.